The topological polar surface area (TPSA) is 366 Å². The number of aliphatic hydroxyl groups is 1. The fourth-order valence-electron chi connectivity index (χ4n) is 9.62. The number of carboxylic acids is 1. The number of aliphatic hydroxyl groups excluding tert-OH is 1. The van der Waals surface area contributed by atoms with Gasteiger partial charge in [0.25, 0.3) is 11.8 Å². The van der Waals surface area contributed by atoms with Crippen LogP contribution >= 0.6 is 0 Å². The number of carbonyl (C=O) groups is 9. The molecule has 0 aromatic heterocycles. The van der Waals surface area contributed by atoms with Crippen molar-refractivity contribution < 1.29 is 62.7 Å². The average molecular weight is 1000 g/mol. The van der Waals surface area contributed by atoms with Gasteiger partial charge in [-0.05, 0) is 92.0 Å². The highest BCUT2D eigenvalue weighted by molar-refractivity contribution is 6.47. The van der Waals surface area contributed by atoms with Crippen molar-refractivity contribution >= 4 is 60.3 Å². The van der Waals surface area contributed by atoms with Gasteiger partial charge in [0.2, 0.25) is 35.4 Å². The Kier molecular flexibility index (Phi) is 19.1. The highest BCUT2D eigenvalue weighted by Gasteiger charge is 2.68. The molecule has 14 N–H and O–H groups in total. The van der Waals surface area contributed by atoms with E-state index in [1.807, 2.05) is 19.1 Å². The molecule has 0 spiro atoms. The van der Waals surface area contributed by atoms with Crippen LogP contribution in [-0.4, -0.2) is 144 Å². The standard InChI is InChI=1S/C48H69BN10O13/c1-7-8-9-26-10-12-27(13-11-26)28-14-16-29(17-15-28)41(66)56-32(24-60)43(68)54-25(2)40(65)53-23-37(62)59(6)33(18-19-38(63)64)44(69)57-39(51)45(70)55-31(22-36(50)61)42(67)58-46(52)49-71-35-21-30-20-34(47(30,3)4)48(35,5)72-49/h10-17,25,30-35,39,46,60H,7-9,18-24,51-52H2,1-6H3,(H2,50,61)(H,53,65)(H,54,68)(H,55,70)(H,56,66)(H,57,69)(H,58,67)(H,63,64)/t25?,30-,31-,32+,33-,34-,35?,39+,46+,48-/m0/s1. The Morgan fingerprint density at radius 3 is 2.03 bits per heavy atom. The minimum Gasteiger partial charge on any atom is -0.481 e. The summed E-state index contributed by atoms with van der Waals surface area (Å²) in [6, 6.07) is 7.61. The van der Waals surface area contributed by atoms with Crippen molar-refractivity contribution in [3.8, 4) is 11.1 Å². The molecule has 10 atom stereocenters. The van der Waals surface area contributed by atoms with Crippen LogP contribution in [0.5, 0.6) is 0 Å². The van der Waals surface area contributed by atoms with Gasteiger partial charge >= 0.3 is 13.1 Å². The van der Waals surface area contributed by atoms with Crippen molar-refractivity contribution in [2.75, 3.05) is 20.2 Å². The molecule has 4 fully saturated rings. The third-order valence-electron chi connectivity index (χ3n) is 14.2. The molecule has 0 radical (unpaired) electrons. The molecule has 4 aliphatic rings. The molecule has 23 nitrogen and oxygen atoms in total. The number of carboxylic acid groups (broad SMARTS) is 1. The van der Waals surface area contributed by atoms with E-state index in [0.717, 1.165) is 55.2 Å². The van der Waals surface area contributed by atoms with E-state index < -0.39 is 135 Å². The van der Waals surface area contributed by atoms with E-state index in [9.17, 15) is 53.4 Å². The van der Waals surface area contributed by atoms with Crippen molar-refractivity contribution in [1.82, 2.24) is 36.8 Å². The lowest BCUT2D eigenvalue weighted by atomic mass is 9.43. The third-order valence-corrected chi connectivity index (χ3v) is 14.2. The number of aryl methyl sites for hydroxylation is 1. The maximum Gasteiger partial charge on any atom is 0.497 e. The number of primary amides is 1. The Bertz CT molecular complexity index is 2340. The lowest BCUT2D eigenvalue weighted by Crippen LogP contribution is -2.65. The normalized spacial score (nSPS) is 21.9. The molecule has 72 heavy (non-hydrogen) atoms. The van der Waals surface area contributed by atoms with E-state index in [1.165, 1.54) is 12.5 Å². The second kappa shape index (κ2) is 24.3. The van der Waals surface area contributed by atoms with E-state index in [-0.39, 0.29) is 23.0 Å². The summed E-state index contributed by atoms with van der Waals surface area (Å²) in [5.74, 6) is -8.21. The zero-order valence-electron chi connectivity index (χ0n) is 41.5. The summed E-state index contributed by atoms with van der Waals surface area (Å²) in [4.78, 5) is 117. The van der Waals surface area contributed by atoms with Crippen molar-refractivity contribution in [2.24, 2.45) is 34.5 Å². The number of unbranched alkanes of at least 4 members (excludes halogenated alkanes) is 1. The number of hydrogen-bond donors (Lipinski definition) is 11. The number of amides is 8. The Balaban J connectivity index is 1.10. The first-order chi connectivity index (χ1) is 33.9. The first-order valence-electron chi connectivity index (χ1n) is 24.1. The van der Waals surface area contributed by atoms with Crippen molar-refractivity contribution in [3.05, 3.63) is 59.7 Å². The van der Waals surface area contributed by atoms with Gasteiger partial charge in [0.1, 0.15) is 30.2 Å². The molecule has 24 heteroatoms. The van der Waals surface area contributed by atoms with Crippen molar-refractivity contribution in [1.29, 1.82) is 0 Å². The second-order valence-electron chi connectivity index (χ2n) is 19.6. The quantitative estimate of drug-likeness (QED) is 0.0400. The molecular formula is C48H69BN10O13. The third kappa shape index (κ3) is 13.7. The summed E-state index contributed by atoms with van der Waals surface area (Å²) in [6.45, 7) is 8.16. The molecule has 3 saturated carbocycles. The zero-order valence-corrected chi connectivity index (χ0v) is 41.5. The summed E-state index contributed by atoms with van der Waals surface area (Å²) in [5.41, 5.74) is 20.3. The van der Waals surface area contributed by atoms with Crippen LogP contribution in [0.25, 0.3) is 11.1 Å². The molecular weight excluding hydrogens is 935 g/mol. The number of likely N-dealkylation sites (N-methyl/N-ethyl adjacent to an activating group) is 1. The van der Waals surface area contributed by atoms with Gasteiger partial charge in [-0.1, -0.05) is 63.6 Å². The molecule has 2 aromatic carbocycles. The lowest BCUT2D eigenvalue weighted by Gasteiger charge is -2.64. The Hall–Kier alpha value is -6.47. The van der Waals surface area contributed by atoms with E-state index in [2.05, 4.69) is 64.8 Å². The van der Waals surface area contributed by atoms with Crippen molar-refractivity contribution in [3.63, 3.8) is 0 Å². The molecule has 2 aromatic rings. The lowest BCUT2D eigenvalue weighted by molar-refractivity contribution is -0.199. The van der Waals surface area contributed by atoms with Crippen LogP contribution < -0.4 is 49.1 Å². The largest absolute Gasteiger partial charge is 0.497 e. The van der Waals surface area contributed by atoms with Gasteiger partial charge in [-0.3, -0.25) is 43.2 Å². The monoisotopic (exact) mass is 1000 g/mol. The van der Waals surface area contributed by atoms with E-state index in [0.29, 0.717) is 5.92 Å². The second-order valence-corrected chi connectivity index (χ2v) is 19.6. The number of nitrogens with two attached hydrogens (primary N) is 3. The van der Waals surface area contributed by atoms with Crippen LogP contribution in [0.2, 0.25) is 0 Å². The molecule has 1 heterocycles. The predicted octanol–water partition coefficient (Wildman–Crippen LogP) is -1.47. The predicted molar refractivity (Wildman–Crippen MR) is 261 cm³/mol. The number of carbonyl (C=O) groups excluding carboxylic acids is 8. The van der Waals surface area contributed by atoms with Crippen molar-refractivity contribution in [2.45, 2.75) is 134 Å². The van der Waals surface area contributed by atoms with Gasteiger partial charge in [0, 0.05) is 19.0 Å². The van der Waals surface area contributed by atoms with E-state index in [4.69, 9.17) is 26.5 Å². The molecule has 6 rings (SSSR count). The minimum atomic E-state index is -1.91. The smallest absolute Gasteiger partial charge is 0.481 e. The Labute approximate surface area is 418 Å². The van der Waals surface area contributed by atoms with Gasteiger partial charge in [0.05, 0.1) is 31.3 Å². The molecule has 8 amide bonds. The number of nitrogens with one attached hydrogen (secondary N) is 6. The summed E-state index contributed by atoms with van der Waals surface area (Å²) >= 11 is 0. The fraction of sp³-hybridized carbons (Fsp3) is 0.562. The minimum absolute atomic E-state index is 0.0382. The van der Waals surface area contributed by atoms with Gasteiger partial charge in [-0.25, -0.2) is 0 Å². The van der Waals surface area contributed by atoms with Crippen LogP contribution in [0.4, 0.5) is 0 Å². The number of rotatable bonds is 25. The van der Waals surface area contributed by atoms with Gasteiger partial charge < -0.3 is 73.5 Å². The summed E-state index contributed by atoms with van der Waals surface area (Å²) < 4.78 is 12.4. The molecule has 1 aliphatic heterocycles. The van der Waals surface area contributed by atoms with Crippen LogP contribution in [0.1, 0.15) is 95.5 Å². The molecule has 2 bridgehead atoms. The Morgan fingerprint density at radius 1 is 0.819 bits per heavy atom. The van der Waals surface area contributed by atoms with Crippen LogP contribution in [0.3, 0.4) is 0 Å². The molecule has 392 valence electrons. The SMILES string of the molecule is CCCCc1ccc(-c2ccc(C(=O)N[C@H](CO)C(=O)NC(C)C(=O)NCC(=O)N(C)[C@@H](CCC(=O)O)C(=O)N[C@@H](N)C(=O)N[C@@H](CC(N)=O)C(=O)N[C@@H](N)B3OC4C[C@@H]5C[C@@H](C5(C)C)[C@]4(C)O3)cc2)cc1. The summed E-state index contributed by atoms with van der Waals surface area (Å²) in [5, 5.41) is 33.4. The highest BCUT2D eigenvalue weighted by atomic mass is 16.7. The van der Waals surface area contributed by atoms with Gasteiger partial charge in [-0.15, -0.1) is 0 Å². The van der Waals surface area contributed by atoms with Crippen LogP contribution in [0, 0.1) is 17.3 Å². The number of aliphatic carboxylic acids is 1. The zero-order chi connectivity index (χ0) is 53.2. The maximum atomic E-state index is 13.5. The molecule has 3 aliphatic carbocycles. The molecule has 1 saturated heterocycles. The summed E-state index contributed by atoms with van der Waals surface area (Å²) in [6.07, 6.45) is 0.935. The number of hydrogen-bond acceptors (Lipinski definition) is 14. The maximum absolute atomic E-state index is 13.5. The van der Waals surface area contributed by atoms with Crippen LogP contribution in [-0.2, 0) is 54.1 Å². The number of nitrogens with zero attached hydrogens (tertiary/aromatic N) is 1. The van der Waals surface area contributed by atoms with E-state index in [1.54, 1.807) is 24.3 Å². The van der Waals surface area contributed by atoms with E-state index >= 15 is 0 Å². The summed E-state index contributed by atoms with van der Waals surface area (Å²) in [7, 11) is 0.0921. The first kappa shape index (κ1) is 56.4. The van der Waals surface area contributed by atoms with Gasteiger partial charge in [0.15, 0.2) is 6.17 Å². The number of benzene rings is 2. The Morgan fingerprint density at radius 2 is 1.44 bits per heavy atom. The fourth-order valence-corrected chi connectivity index (χ4v) is 9.62. The molecule has 2 unspecified atom stereocenters. The average Bonchev–Trinajstić information content (AvgIpc) is 3.71. The van der Waals surface area contributed by atoms with Crippen LogP contribution in [0.15, 0.2) is 48.5 Å². The first-order valence-corrected chi connectivity index (χ1v) is 24.1. The highest BCUT2D eigenvalue weighted by Crippen LogP contribution is 2.65. The van der Waals surface area contributed by atoms with Gasteiger partial charge in [-0.2, -0.15) is 0 Å².